The lowest BCUT2D eigenvalue weighted by Gasteiger charge is -2.10. The third-order valence-electron chi connectivity index (χ3n) is 4.63. The van der Waals surface area contributed by atoms with E-state index in [9.17, 15) is 17.6 Å². The lowest BCUT2D eigenvalue weighted by atomic mass is 10.1. The number of aryl methyl sites for hydroxylation is 1. The largest absolute Gasteiger partial charge is 0.451 e. The first kappa shape index (κ1) is 19.1. The summed E-state index contributed by atoms with van der Waals surface area (Å²) < 4.78 is 46.6. The summed E-state index contributed by atoms with van der Waals surface area (Å²) in [6.07, 6.45) is 1.40. The molecule has 0 saturated carbocycles. The van der Waals surface area contributed by atoms with Crippen LogP contribution in [0.2, 0.25) is 0 Å². The molecule has 0 radical (unpaired) electrons. The van der Waals surface area contributed by atoms with Crippen LogP contribution in [0.5, 0.6) is 0 Å². The molecule has 3 aromatic rings. The highest BCUT2D eigenvalue weighted by Gasteiger charge is 2.21. The summed E-state index contributed by atoms with van der Waals surface area (Å²) in [5.74, 6) is -0.505. The molecule has 2 N–H and O–H groups in total. The number of benzene rings is 2. The number of rotatable bonds is 4. The van der Waals surface area contributed by atoms with Crippen LogP contribution in [0.3, 0.4) is 0 Å². The molecule has 0 spiro atoms. The van der Waals surface area contributed by atoms with Crippen LogP contribution in [0.4, 0.5) is 10.1 Å². The quantitative estimate of drug-likeness (QED) is 0.680. The van der Waals surface area contributed by atoms with Crippen LogP contribution in [0.25, 0.3) is 11.0 Å². The van der Waals surface area contributed by atoms with E-state index in [0.29, 0.717) is 35.3 Å². The van der Waals surface area contributed by atoms with E-state index in [1.54, 1.807) is 13.0 Å². The number of amides is 1. The van der Waals surface area contributed by atoms with Crippen molar-refractivity contribution in [2.45, 2.75) is 24.7 Å². The highest BCUT2D eigenvalue weighted by molar-refractivity contribution is 7.90. The average Bonchev–Trinajstić information content (AvgIpc) is 3.30. The zero-order valence-electron chi connectivity index (χ0n) is 15.5. The Kier molecular flexibility index (Phi) is 4.83. The summed E-state index contributed by atoms with van der Waals surface area (Å²) in [6, 6.07) is 9.90. The van der Waals surface area contributed by atoms with Crippen molar-refractivity contribution in [2.75, 3.05) is 11.9 Å². The first-order valence-electron chi connectivity index (χ1n) is 9.00. The van der Waals surface area contributed by atoms with Gasteiger partial charge in [0.1, 0.15) is 17.2 Å². The number of nitrogens with one attached hydrogen (secondary N) is 2. The molecule has 7 nitrogen and oxygen atoms in total. The number of hydrogen-bond acceptors (Lipinski definition) is 5. The van der Waals surface area contributed by atoms with Crippen LogP contribution in [-0.2, 0) is 10.0 Å². The fraction of sp³-hybridized carbons (Fsp3) is 0.200. The molecular weight excluding hydrogens is 397 g/mol. The molecule has 2 aromatic carbocycles. The molecule has 150 valence electrons. The lowest BCUT2D eigenvalue weighted by Crippen LogP contribution is -2.29. The zero-order valence-corrected chi connectivity index (χ0v) is 16.3. The molecule has 1 amide bonds. The normalized spacial score (nSPS) is 14.1. The summed E-state index contributed by atoms with van der Waals surface area (Å²) in [5.41, 5.74) is 1.19. The maximum atomic E-state index is 13.5. The lowest BCUT2D eigenvalue weighted by molar-refractivity contribution is 0.0998. The fourth-order valence-electron chi connectivity index (χ4n) is 3.18. The smallest absolute Gasteiger partial charge is 0.291 e. The van der Waals surface area contributed by atoms with E-state index in [0.717, 1.165) is 6.42 Å². The van der Waals surface area contributed by atoms with Gasteiger partial charge >= 0.3 is 0 Å². The van der Waals surface area contributed by atoms with Crippen molar-refractivity contribution in [1.82, 2.24) is 4.72 Å². The number of sulfonamides is 1. The number of aliphatic imine (C=N–C) groups is 1. The number of fused-ring (bicyclic) bond motifs is 1. The number of anilines is 1. The van der Waals surface area contributed by atoms with Crippen molar-refractivity contribution in [1.29, 1.82) is 0 Å². The molecule has 29 heavy (non-hydrogen) atoms. The van der Waals surface area contributed by atoms with E-state index in [-0.39, 0.29) is 16.3 Å². The zero-order chi connectivity index (χ0) is 20.6. The Balaban J connectivity index is 1.58. The number of nitrogens with zero attached hydrogens (tertiary/aromatic N) is 1. The summed E-state index contributed by atoms with van der Waals surface area (Å²) in [4.78, 5) is 16.8. The highest BCUT2D eigenvalue weighted by atomic mass is 32.2. The van der Waals surface area contributed by atoms with Crippen molar-refractivity contribution in [2.24, 2.45) is 4.99 Å². The van der Waals surface area contributed by atoms with Crippen LogP contribution in [0.1, 0.15) is 29.0 Å². The molecule has 0 saturated heterocycles. The number of furan rings is 1. The molecule has 0 unspecified atom stereocenters. The third-order valence-corrected chi connectivity index (χ3v) is 6.01. The maximum absolute atomic E-state index is 13.5. The van der Waals surface area contributed by atoms with Gasteiger partial charge in [0.05, 0.1) is 4.90 Å². The van der Waals surface area contributed by atoms with E-state index >= 15 is 0 Å². The van der Waals surface area contributed by atoms with Crippen LogP contribution in [0, 0.1) is 12.7 Å². The minimum atomic E-state index is -3.80. The van der Waals surface area contributed by atoms with Crippen molar-refractivity contribution in [3.05, 3.63) is 59.6 Å². The SMILES string of the molecule is Cc1c(C(=O)Nc2cccc(S(=O)(=O)NC3=NCCC3)c2)oc2ccc(F)cc12. The van der Waals surface area contributed by atoms with Crippen LogP contribution < -0.4 is 10.0 Å². The van der Waals surface area contributed by atoms with Gasteiger partial charge in [-0.15, -0.1) is 0 Å². The molecular formula is C20H18FN3O4S. The Morgan fingerprint density at radius 2 is 2.03 bits per heavy atom. The molecule has 0 atom stereocenters. The van der Waals surface area contributed by atoms with Gasteiger partial charge in [-0.2, -0.15) is 0 Å². The van der Waals surface area contributed by atoms with Gasteiger partial charge in [-0.3, -0.25) is 14.5 Å². The van der Waals surface area contributed by atoms with E-state index in [1.165, 1.54) is 36.4 Å². The van der Waals surface area contributed by atoms with Crippen LogP contribution >= 0.6 is 0 Å². The number of hydrogen-bond donors (Lipinski definition) is 2. The minimum Gasteiger partial charge on any atom is -0.451 e. The fourth-order valence-corrected chi connectivity index (χ4v) is 4.31. The van der Waals surface area contributed by atoms with Gasteiger partial charge in [-0.05, 0) is 49.7 Å². The standard InChI is InChI=1S/C20H18FN3O4S/c1-12-16-10-13(21)7-8-17(16)28-19(12)20(25)23-14-4-2-5-15(11-14)29(26,27)24-18-6-3-9-22-18/h2,4-5,7-8,10-11H,3,6,9H2,1H3,(H,22,24)(H,23,25). The third kappa shape index (κ3) is 3.86. The Bertz CT molecular complexity index is 1250. The van der Waals surface area contributed by atoms with E-state index in [2.05, 4.69) is 15.0 Å². The molecule has 4 rings (SSSR count). The predicted octanol–water partition coefficient (Wildman–Crippen LogP) is 3.60. The van der Waals surface area contributed by atoms with Crippen LogP contribution in [0.15, 0.2) is 56.8 Å². The molecule has 1 aromatic heterocycles. The second kappa shape index (κ2) is 7.32. The van der Waals surface area contributed by atoms with E-state index in [4.69, 9.17) is 4.42 Å². The molecule has 0 fully saturated rings. The van der Waals surface area contributed by atoms with Crippen molar-refractivity contribution in [3.8, 4) is 0 Å². The highest BCUT2D eigenvalue weighted by Crippen LogP contribution is 2.27. The van der Waals surface area contributed by atoms with Gasteiger partial charge in [0.25, 0.3) is 15.9 Å². The number of carbonyl (C=O) groups is 1. The van der Waals surface area contributed by atoms with Gasteiger partial charge in [-0.1, -0.05) is 6.07 Å². The molecule has 9 heteroatoms. The van der Waals surface area contributed by atoms with E-state index < -0.39 is 21.7 Å². The van der Waals surface area contributed by atoms with Gasteiger partial charge < -0.3 is 9.73 Å². The first-order valence-corrected chi connectivity index (χ1v) is 10.5. The summed E-state index contributed by atoms with van der Waals surface area (Å²) in [5, 5.41) is 3.14. The maximum Gasteiger partial charge on any atom is 0.291 e. The number of halogens is 1. The Morgan fingerprint density at radius 3 is 2.79 bits per heavy atom. The summed E-state index contributed by atoms with van der Waals surface area (Å²) >= 11 is 0. The molecule has 1 aliphatic heterocycles. The number of amidine groups is 1. The Morgan fingerprint density at radius 1 is 1.21 bits per heavy atom. The van der Waals surface area contributed by atoms with Gasteiger partial charge in [0.15, 0.2) is 5.76 Å². The first-order chi connectivity index (χ1) is 13.8. The number of carbonyl (C=O) groups excluding carboxylic acids is 1. The second-order valence-corrected chi connectivity index (χ2v) is 8.40. The van der Waals surface area contributed by atoms with Gasteiger partial charge in [-0.25, -0.2) is 12.8 Å². The Labute approximate surface area is 166 Å². The summed E-state index contributed by atoms with van der Waals surface area (Å²) in [7, 11) is -3.80. The summed E-state index contributed by atoms with van der Waals surface area (Å²) in [6.45, 7) is 2.27. The molecule has 2 heterocycles. The molecule has 0 aliphatic carbocycles. The van der Waals surface area contributed by atoms with Gasteiger partial charge in [0, 0.05) is 29.6 Å². The average molecular weight is 415 g/mol. The predicted molar refractivity (Wildman–Crippen MR) is 107 cm³/mol. The van der Waals surface area contributed by atoms with Gasteiger partial charge in [0.2, 0.25) is 0 Å². The van der Waals surface area contributed by atoms with Crippen LogP contribution in [-0.4, -0.2) is 26.7 Å². The van der Waals surface area contributed by atoms with Crippen molar-refractivity contribution in [3.63, 3.8) is 0 Å². The molecule has 1 aliphatic rings. The van der Waals surface area contributed by atoms with Crippen molar-refractivity contribution < 1.29 is 22.0 Å². The minimum absolute atomic E-state index is 0.00768. The van der Waals surface area contributed by atoms with E-state index in [1.807, 2.05) is 0 Å². The monoisotopic (exact) mass is 415 g/mol. The molecule has 0 bridgehead atoms. The Hall–Kier alpha value is -3.20. The second-order valence-electron chi connectivity index (χ2n) is 6.72. The van der Waals surface area contributed by atoms with Crippen molar-refractivity contribution >= 4 is 38.4 Å². The topological polar surface area (TPSA) is 101 Å².